The molecule has 0 fully saturated rings. The zero-order chi connectivity index (χ0) is 20.1. The molecule has 2 aromatic carbocycles. The molecular weight excluding hydrogens is 395 g/mol. The van der Waals surface area contributed by atoms with Gasteiger partial charge in [0.1, 0.15) is 0 Å². The summed E-state index contributed by atoms with van der Waals surface area (Å²) in [5.74, 6) is -1.55. The van der Waals surface area contributed by atoms with Crippen LogP contribution in [0.2, 0.25) is 10.0 Å². The lowest BCUT2D eigenvalue weighted by Crippen LogP contribution is -2.29. The van der Waals surface area contributed by atoms with E-state index in [1.807, 2.05) is 0 Å². The topological polar surface area (TPSA) is 101 Å². The summed E-state index contributed by atoms with van der Waals surface area (Å²) >= 11 is 12.4. The number of anilines is 1. The second kappa shape index (κ2) is 8.83. The molecule has 7 nitrogen and oxygen atoms in total. The van der Waals surface area contributed by atoms with Crippen molar-refractivity contribution in [2.45, 2.75) is 19.9 Å². The molecule has 0 aliphatic carbocycles. The molecule has 27 heavy (non-hydrogen) atoms. The molecule has 2 aromatic rings. The summed E-state index contributed by atoms with van der Waals surface area (Å²) in [7, 11) is 0. The fourth-order valence-electron chi connectivity index (χ4n) is 2.58. The molecule has 0 aromatic heterocycles. The molecule has 0 saturated carbocycles. The molecule has 0 aliphatic heterocycles. The molecular formula is C18H16Cl2N2O5. The van der Waals surface area contributed by atoms with E-state index in [1.165, 1.54) is 30.0 Å². The highest BCUT2D eigenvalue weighted by Crippen LogP contribution is 2.30. The van der Waals surface area contributed by atoms with Gasteiger partial charge in [0.05, 0.1) is 12.1 Å². The van der Waals surface area contributed by atoms with Crippen molar-refractivity contribution >= 4 is 40.8 Å². The van der Waals surface area contributed by atoms with Crippen molar-refractivity contribution in [1.82, 2.24) is 0 Å². The van der Waals surface area contributed by atoms with Gasteiger partial charge in [0, 0.05) is 39.6 Å². The maximum absolute atomic E-state index is 12.3. The summed E-state index contributed by atoms with van der Waals surface area (Å²) < 4.78 is 0. The van der Waals surface area contributed by atoms with Crippen molar-refractivity contribution in [2.75, 3.05) is 11.4 Å². The molecule has 1 amide bonds. The first kappa shape index (κ1) is 20.7. The summed E-state index contributed by atoms with van der Waals surface area (Å²) in [6.45, 7) is 0.968. The number of carboxylic acids is 1. The van der Waals surface area contributed by atoms with Crippen molar-refractivity contribution in [2.24, 2.45) is 0 Å². The van der Waals surface area contributed by atoms with Gasteiger partial charge < -0.3 is 10.0 Å². The third-order valence-electron chi connectivity index (χ3n) is 3.94. The summed E-state index contributed by atoms with van der Waals surface area (Å²) in [6, 6.07) is 9.07. The van der Waals surface area contributed by atoms with E-state index in [0.29, 0.717) is 21.2 Å². The first-order chi connectivity index (χ1) is 12.7. The highest BCUT2D eigenvalue weighted by molar-refractivity contribution is 6.36. The van der Waals surface area contributed by atoms with Crippen LogP contribution in [0, 0.1) is 10.1 Å². The monoisotopic (exact) mass is 410 g/mol. The SMILES string of the molecule is CC(=O)N(Cc1c(Cl)cccc1Cl)c1cc(C(=O)O)ccc1CC[N+](=O)[O-]. The van der Waals surface area contributed by atoms with Gasteiger partial charge in [0.2, 0.25) is 12.5 Å². The Balaban J connectivity index is 2.53. The Morgan fingerprint density at radius 3 is 2.33 bits per heavy atom. The Morgan fingerprint density at radius 2 is 1.81 bits per heavy atom. The van der Waals surface area contributed by atoms with Crippen LogP contribution in [-0.4, -0.2) is 28.5 Å². The van der Waals surface area contributed by atoms with Crippen LogP contribution in [0.1, 0.15) is 28.4 Å². The standard InChI is InChI=1S/C18H16Cl2N2O5/c1-11(23)21(10-14-15(19)3-2-4-16(14)20)17-9-13(18(24)25)6-5-12(17)7-8-22(26)27/h2-6,9H,7-8,10H2,1H3,(H,24,25). The van der Waals surface area contributed by atoms with E-state index in [2.05, 4.69) is 0 Å². The minimum absolute atomic E-state index is 0.00236. The summed E-state index contributed by atoms with van der Waals surface area (Å²) in [5, 5.41) is 20.7. The number of nitrogens with zero attached hydrogens (tertiary/aromatic N) is 2. The molecule has 0 radical (unpaired) electrons. The number of rotatable bonds is 7. The van der Waals surface area contributed by atoms with Crippen LogP contribution in [0.3, 0.4) is 0 Å². The molecule has 2 rings (SSSR count). The van der Waals surface area contributed by atoms with Crippen LogP contribution < -0.4 is 4.90 Å². The molecule has 142 valence electrons. The summed E-state index contributed by atoms with van der Waals surface area (Å²) in [5.41, 5.74) is 1.22. The number of carboxylic acid groups (broad SMARTS) is 1. The van der Waals surface area contributed by atoms with Gasteiger partial charge in [-0.2, -0.15) is 0 Å². The molecule has 9 heteroatoms. The number of hydrogen-bond donors (Lipinski definition) is 1. The second-order valence-corrected chi connectivity index (χ2v) is 6.57. The minimum atomic E-state index is -1.17. The van der Waals surface area contributed by atoms with Gasteiger partial charge in [-0.15, -0.1) is 0 Å². The number of benzene rings is 2. The lowest BCUT2D eigenvalue weighted by atomic mass is 10.0. The lowest BCUT2D eigenvalue weighted by molar-refractivity contribution is -0.479. The van der Waals surface area contributed by atoms with Crippen LogP contribution in [-0.2, 0) is 17.8 Å². The molecule has 0 bridgehead atoms. The molecule has 0 atom stereocenters. The molecule has 0 aliphatic rings. The molecule has 0 heterocycles. The predicted octanol–water partition coefficient (Wildman–Crippen LogP) is 4.06. The molecule has 0 spiro atoms. The third-order valence-corrected chi connectivity index (χ3v) is 4.65. The molecule has 0 unspecified atom stereocenters. The first-order valence-corrected chi connectivity index (χ1v) is 8.65. The highest BCUT2D eigenvalue weighted by atomic mass is 35.5. The van der Waals surface area contributed by atoms with Crippen LogP contribution >= 0.6 is 23.2 Å². The van der Waals surface area contributed by atoms with E-state index in [9.17, 15) is 24.8 Å². The van der Waals surface area contributed by atoms with E-state index in [0.717, 1.165) is 0 Å². The van der Waals surface area contributed by atoms with Gasteiger partial charge in [-0.3, -0.25) is 14.9 Å². The van der Waals surface area contributed by atoms with Crippen molar-refractivity contribution in [1.29, 1.82) is 0 Å². The number of carbonyl (C=O) groups excluding carboxylic acids is 1. The van der Waals surface area contributed by atoms with Crippen LogP contribution in [0.5, 0.6) is 0 Å². The maximum Gasteiger partial charge on any atom is 0.335 e. The third kappa shape index (κ3) is 5.18. The number of amides is 1. The van der Waals surface area contributed by atoms with Gasteiger partial charge in [-0.1, -0.05) is 35.3 Å². The van der Waals surface area contributed by atoms with Crippen LogP contribution in [0.4, 0.5) is 5.69 Å². The zero-order valence-electron chi connectivity index (χ0n) is 14.3. The Kier molecular flexibility index (Phi) is 6.76. The van der Waals surface area contributed by atoms with Gasteiger partial charge in [0.25, 0.3) is 0 Å². The average Bonchev–Trinajstić information content (AvgIpc) is 2.59. The van der Waals surface area contributed by atoms with E-state index in [-0.39, 0.29) is 36.7 Å². The molecule has 0 saturated heterocycles. The fourth-order valence-corrected chi connectivity index (χ4v) is 3.10. The number of nitro groups is 1. The number of halogens is 2. The lowest BCUT2D eigenvalue weighted by Gasteiger charge is -2.25. The van der Waals surface area contributed by atoms with Gasteiger partial charge >= 0.3 is 5.97 Å². The fraction of sp³-hybridized carbons (Fsp3) is 0.222. The average molecular weight is 411 g/mol. The normalized spacial score (nSPS) is 10.5. The summed E-state index contributed by atoms with van der Waals surface area (Å²) in [4.78, 5) is 35.2. The Hall–Kier alpha value is -2.64. The summed E-state index contributed by atoms with van der Waals surface area (Å²) in [6.07, 6.45) is 0.0439. The van der Waals surface area contributed by atoms with Crippen molar-refractivity contribution in [3.8, 4) is 0 Å². The maximum atomic E-state index is 12.3. The van der Waals surface area contributed by atoms with E-state index in [1.54, 1.807) is 18.2 Å². The number of hydrogen-bond acceptors (Lipinski definition) is 4. The smallest absolute Gasteiger partial charge is 0.335 e. The number of carbonyl (C=O) groups is 2. The zero-order valence-corrected chi connectivity index (χ0v) is 15.8. The largest absolute Gasteiger partial charge is 0.478 e. The highest BCUT2D eigenvalue weighted by Gasteiger charge is 2.21. The minimum Gasteiger partial charge on any atom is -0.478 e. The molecule has 1 N–H and O–H groups in total. The van der Waals surface area contributed by atoms with Crippen molar-refractivity contribution in [3.05, 3.63) is 73.2 Å². The quantitative estimate of drug-likeness (QED) is 0.547. The number of aromatic carboxylic acids is 1. The van der Waals surface area contributed by atoms with Crippen LogP contribution in [0.25, 0.3) is 0 Å². The van der Waals surface area contributed by atoms with E-state index in [4.69, 9.17) is 23.2 Å². The second-order valence-electron chi connectivity index (χ2n) is 5.76. The van der Waals surface area contributed by atoms with Gasteiger partial charge in [-0.05, 0) is 29.8 Å². The predicted molar refractivity (Wildman–Crippen MR) is 102 cm³/mol. The van der Waals surface area contributed by atoms with E-state index < -0.39 is 10.9 Å². The van der Waals surface area contributed by atoms with Crippen LogP contribution in [0.15, 0.2) is 36.4 Å². The Morgan fingerprint density at radius 1 is 1.19 bits per heavy atom. The Labute approximate surface area is 165 Å². The van der Waals surface area contributed by atoms with E-state index >= 15 is 0 Å². The first-order valence-electron chi connectivity index (χ1n) is 7.89. The van der Waals surface area contributed by atoms with Gasteiger partial charge in [-0.25, -0.2) is 4.79 Å². The Bertz CT molecular complexity index is 881. The van der Waals surface area contributed by atoms with Crippen molar-refractivity contribution < 1.29 is 19.6 Å². The van der Waals surface area contributed by atoms with Crippen molar-refractivity contribution in [3.63, 3.8) is 0 Å². The van der Waals surface area contributed by atoms with Gasteiger partial charge in [0.15, 0.2) is 0 Å².